The van der Waals surface area contributed by atoms with E-state index in [-0.39, 0.29) is 6.10 Å². The normalized spacial score (nSPS) is 34.1. The molecule has 0 aromatic rings. The first kappa shape index (κ1) is 12.0. The van der Waals surface area contributed by atoms with Crippen molar-refractivity contribution in [2.45, 2.75) is 65.1 Å². The van der Waals surface area contributed by atoms with Gasteiger partial charge in [-0.2, -0.15) is 0 Å². The van der Waals surface area contributed by atoms with Crippen molar-refractivity contribution in [1.82, 2.24) is 4.90 Å². The highest BCUT2D eigenvalue weighted by molar-refractivity contribution is 4.83. The highest BCUT2D eigenvalue weighted by atomic mass is 16.3. The van der Waals surface area contributed by atoms with Crippen molar-refractivity contribution in [3.63, 3.8) is 0 Å². The highest BCUT2D eigenvalue weighted by Crippen LogP contribution is 2.24. The third-order valence-electron chi connectivity index (χ3n) is 3.90. The number of nitrogens with zero attached hydrogens (tertiary/aromatic N) is 1. The lowest BCUT2D eigenvalue weighted by Gasteiger charge is -2.42. The molecule has 1 heterocycles. The second-order valence-corrected chi connectivity index (χ2v) is 4.90. The molecule has 1 saturated heterocycles. The molecule has 1 aliphatic rings. The molecule has 0 saturated carbocycles. The summed E-state index contributed by atoms with van der Waals surface area (Å²) in [5.41, 5.74) is 0. The third kappa shape index (κ3) is 2.71. The van der Waals surface area contributed by atoms with Gasteiger partial charge in [0.25, 0.3) is 0 Å². The number of β-amino-alcohol motifs (C(OH)–C–C–N with tert-alkyl or cyclic N) is 1. The van der Waals surface area contributed by atoms with E-state index in [1.54, 1.807) is 0 Å². The van der Waals surface area contributed by atoms with E-state index in [9.17, 15) is 5.11 Å². The maximum atomic E-state index is 9.66. The predicted molar refractivity (Wildman–Crippen MR) is 60.3 cm³/mol. The Morgan fingerprint density at radius 2 is 2.00 bits per heavy atom. The van der Waals surface area contributed by atoms with Gasteiger partial charge in [-0.1, -0.05) is 20.3 Å². The van der Waals surface area contributed by atoms with Crippen LogP contribution in [0.3, 0.4) is 0 Å². The van der Waals surface area contributed by atoms with Gasteiger partial charge in [-0.05, 0) is 32.6 Å². The van der Waals surface area contributed by atoms with Gasteiger partial charge in [0.1, 0.15) is 0 Å². The summed E-state index contributed by atoms with van der Waals surface area (Å²) < 4.78 is 0. The zero-order valence-corrected chi connectivity index (χ0v) is 10.0. The van der Waals surface area contributed by atoms with Crippen LogP contribution in [0.15, 0.2) is 0 Å². The van der Waals surface area contributed by atoms with Crippen LogP contribution in [0.2, 0.25) is 0 Å². The Kier molecular flexibility index (Phi) is 4.39. The van der Waals surface area contributed by atoms with Gasteiger partial charge in [0, 0.05) is 18.6 Å². The van der Waals surface area contributed by atoms with Crippen molar-refractivity contribution >= 4 is 0 Å². The summed E-state index contributed by atoms with van der Waals surface area (Å²) in [6, 6.07) is 1.24. The zero-order valence-electron chi connectivity index (χ0n) is 10.0. The van der Waals surface area contributed by atoms with E-state index in [1.165, 1.54) is 6.42 Å². The molecule has 2 heteroatoms. The smallest absolute Gasteiger partial charge is 0.0667 e. The summed E-state index contributed by atoms with van der Waals surface area (Å²) in [6.45, 7) is 9.99. The molecule has 0 bridgehead atoms. The van der Waals surface area contributed by atoms with Crippen molar-refractivity contribution in [1.29, 1.82) is 0 Å². The van der Waals surface area contributed by atoms with E-state index in [2.05, 4.69) is 32.6 Å². The van der Waals surface area contributed by atoms with Crippen molar-refractivity contribution in [3.05, 3.63) is 0 Å². The van der Waals surface area contributed by atoms with E-state index in [4.69, 9.17) is 0 Å². The van der Waals surface area contributed by atoms with Crippen molar-refractivity contribution in [2.24, 2.45) is 5.92 Å². The average molecular weight is 199 g/mol. The molecule has 1 N–H and O–H groups in total. The van der Waals surface area contributed by atoms with Crippen LogP contribution in [0.25, 0.3) is 0 Å². The summed E-state index contributed by atoms with van der Waals surface area (Å²) in [5, 5.41) is 9.66. The van der Waals surface area contributed by atoms with Crippen LogP contribution in [0.5, 0.6) is 0 Å². The lowest BCUT2D eigenvalue weighted by molar-refractivity contribution is 0.00513. The molecule has 84 valence electrons. The number of piperidine rings is 1. The number of hydrogen-bond donors (Lipinski definition) is 1. The summed E-state index contributed by atoms with van der Waals surface area (Å²) in [4.78, 5) is 2.47. The fraction of sp³-hybridized carbons (Fsp3) is 1.00. The maximum absolute atomic E-state index is 9.66. The van der Waals surface area contributed by atoms with Crippen molar-refractivity contribution in [3.8, 4) is 0 Å². The van der Waals surface area contributed by atoms with Gasteiger partial charge < -0.3 is 5.11 Å². The lowest BCUT2D eigenvalue weighted by Crippen LogP contribution is -2.50. The van der Waals surface area contributed by atoms with E-state index in [1.807, 2.05) is 0 Å². The number of likely N-dealkylation sites (tertiary alicyclic amines) is 1. The Morgan fingerprint density at radius 1 is 1.36 bits per heavy atom. The Labute approximate surface area is 88.3 Å². The minimum Gasteiger partial charge on any atom is -0.392 e. The first-order chi connectivity index (χ1) is 6.56. The Morgan fingerprint density at radius 3 is 2.57 bits per heavy atom. The van der Waals surface area contributed by atoms with E-state index < -0.39 is 0 Å². The summed E-state index contributed by atoms with van der Waals surface area (Å²) >= 11 is 0. The van der Waals surface area contributed by atoms with Gasteiger partial charge in [0.2, 0.25) is 0 Å². The molecule has 4 unspecified atom stereocenters. The largest absolute Gasteiger partial charge is 0.392 e. The van der Waals surface area contributed by atoms with Gasteiger partial charge in [-0.25, -0.2) is 0 Å². The molecule has 1 fully saturated rings. The predicted octanol–water partition coefficient (Wildman–Crippen LogP) is 2.27. The molecule has 0 aromatic carbocycles. The molecule has 0 radical (unpaired) electrons. The van der Waals surface area contributed by atoms with Gasteiger partial charge in [-0.3, -0.25) is 4.90 Å². The van der Waals surface area contributed by atoms with Crippen LogP contribution in [0.1, 0.15) is 47.0 Å². The molecule has 0 aromatic heterocycles. The molecule has 0 spiro atoms. The molecule has 14 heavy (non-hydrogen) atoms. The minimum absolute atomic E-state index is 0.0993. The third-order valence-corrected chi connectivity index (χ3v) is 3.90. The minimum atomic E-state index is -0.0993. The molecule has 4 atom stereocenters. The Hall–Kier alpha value is -0.0800. The van der Waals surface area contributed by atoms with Crippen molar-refractivity contribution in [2.75, 3.05) is 6.54 Å². The number of aliphatic hydroxyl groups is 1. The second-order valence-electron chi connectivity index (χ2n) is 4.90. The maximum Gasteiger partial charge on any atom is 0.0667 e. The summed E-state index contributed by atoms with van der Waals surface area (Å²) in [6.07, 6.45) is 3.24. The van der Waals surface area contributed by atoms with Crippen LogP contribution >= 0.6 is 0 Å². The Balaban J connectivity index is 2.55. The van der Waals surface area contributed by atoms with E-state index in [0.29, 0.717) is 12.1 Å². The van der Waals surface area contributed by atoms with Gasteiger partial charge in [0.15, 0.2) is 0 Å². The summed E-state index contributed by atoms with van der Waals surface area (Å²) in [5.74, 6) is 0.725. The molecule has 0 aliphatic carbocycles. The van der Waals surface area contributed by atoms with Gasteiger partial charge in [0.05, 0.1) is 6.10 Å². The van der Waals surface area contributed by atoms with Crippen LogP contribution in [-0.4, -0.2) is 34.7 Å². The number of aliphatic hydroxyl groups excluding tert-OH is 1. The summed E-state index contributed by atoms with van der Waals surface area (Å²) in [7, 11) is 0. The highest BCUT2D eigenvalue weighted by Gasteiger charge is 2.29. The van der Waals surface area contributed by atoms with Crippen LogP contribution in [0.4, 0.5) is 0 Å². The van der Waals surface area contributed by atoms with Gasteiger partial charge in [-0.15, -0.1) is 0 Å². The Bertz CT molecular complexity index is 172. The SMILES string of the molecule is CCC(C)C(C)N1CC(O)CCC1C. The molecule has 1 aliphatic heterocycles. The average Bonchev–Trinajstić information content (AvgIpc) is 2.19. The quantitative estimate of drug-likeness (QED) is 0.753. The lowest BCUT2D eigenvalue weighted by atomic mass is 9.93. The number of rotatable bonds is 3. The van der Waals surface area contributed by atoms with Crippen LogP contribution in [0, 0.1) is 5.92 Å². The van der Waals surface area contributed by atoms with Crippen LogP contribution in [-0.2, 0) is 0 Å². The topological polar surface area (TPSA) is 23.5 Å². The number of hydrogen-bond acceptors (Lipinski definition) is 2. The molecule has 1 rings (SSSR count). The van der Waals surface area contributed by atoms with Crippen molar-refractivity contribution < 1.29 is 5.11 Å². The first-order valence-electron chi connectivity index (χ1n) is 6.00. The monoisotopic (exact) mass is 199 g/mol. The van der Waals surface area contributed by atoms with E-state index in [0.717, 1.165) is 25.3 Å². The fourth-order valence-corrected chi connectivity index (χ4v) is 2.35. The van der Waals surface area contributed by atoms with Gasteiger partial charge >= 0.3 is 0 Å². The zero-order chi connectivity index (χ0) is 10.7. The molecular weight excluding hydrogens is 174 g/mol. The fourth-order valence-electron chi connectivity index (χ4n) is 2.35. The standard InChI is InChI=1S/C12H25NO/c1-5-9(2)11(4)13-8-12(14)7-6-10(13)3/h9-12,14H,5-8H2,1-4H3. The first-order valence-corrected chi connectivity index (χ1v) is 6.00. The second kappa shape index (κ2) is 5.13. The van der Waals surface area contributed by atoms with Crippen LogP contribution < -0.4 is 0 Å². The van der Waals surface area contributed by atoms with E-state index >= 15 is 0 Å². The molecule has 2 nitrogen and oxygen atoms in total. The molecular formula is C12H25NO. The molecule has 0 amide bonds.